The maximum Gasteiger partial charge on any atom is 0.433 e. The molecule has 0 radical (unpaired) electrons. The topological polar surface area (TPSA) is 129 Å². The molecule has 2 heterocycles. The monoisotopic (exact) mass is 304 g/mol. The number of carbonyl (C=O) groups excluding carboxylic acids is 1. The van der Waals surface area contributed by atoms with Crippen LogP contribution >= 0.6 is 0 Å². The zero-order chi connectivity index (χ0) is 15.9. The third-order valence-electron chi connectivity index (χ3n) is 3.20. The molecule has 9 heteroatoms. The Morgan fingerprint density at radius 1 is 1.00 bits per heavy atom. The highest BCUT2D eigenvalue weighted by atomic mass is 16.7. The Morgan fingerprint density at radius 2 is 1.68 bits per heavy atom. The Morgan fingerprint density at radius 3 is 2.23 bits per heavy atom. The molecule has 0 amide bonds. The van der Waals surface area contributed by atoms with Gasteiger partial charge in [-0.2, -0.15) is 0 Å². The second kappa shape index (κ2) is 5.04. The van der Waals surface area contributed by atoms with Gasteiger partial charge in [-0.3, -0.25) is 25.0 Å². The molecule has 0 aliphatic carbocycles. The van der Waals surface area contributed by atoms with E-state index in [0.717, 1.165) is 6.07 Å². The average Bonchev–Trinajstić information content (AvgIpc) is 3.14. The number of non-ortho nitro benzene ring substituents is 1. The van der Waals surface area contributed by atoms with Gasteiger partial charge < -0.3 is 9.15 Å². The van der Waals surface area contributed by atoms with Crippen LogP contribution in [0, 0.1) is 20.2 Å². The number of furan rings is 1. The third-order valence-corrected chi connectivity index (χ3v) is 3.20. The summed E-state index contributed by atoms with van der Waals surface area (Å²) in [5.74, 6) is -1.17. The third kappa shape index (κ3) is 2.44. The van der Waals surface area contributed by atoms with Crippen molar-refractivity contribution in [3.63, 3.8) is 0 Å². The quantitative estimate of drug-likeness (QED) is 0.359. The fourth-order valence-corrected chi connectivity index (χ4v) is 2.05. The van der Waals surface area contributed by atoms with E-state index >= 15 is 0 Å². The molecular weight excluding hydrogens is 296 g/mol. The van der Waals surface area contributed by atoms with Gasteiger partial charge >= 0.3 is 5.88 Å². The maximum atomic E-state index is 12.1. The van der Waals surface area contributed by atoms with E-state index in [1.54, 1.807) is 0 Å². The molecule has 0 N–H and O–H groups in total. The SMILES string of the molecule is O=C(c1ccc([N+](=O)[O-])o1)C1OC1c1ccc([N+](=O)[O-])cc1. The summed E-state index contributed by atoms with van der Waals surface area (Å²) in [6.45, 7) is 0. The zero-order valence-electron chi connectivity index (χ0n) is 10.9. The molecular formula is C13H8N2O7. The van der Waals surface area contributed by atoms with E-state index in [1.165, 1.54) is 30.3 Å². The number of carbonyl (C=O) groups is 1. The van der Waals surface area contributed by atoms with Crippen LogP contribution in [0.3, 0.4) is 0 Å². The summed E-state index contributed by atoms with van der Waals surface area (Å²) in [7, 11) is 0. The number of Topliss-reactive ketones (excluding diaryl/α,β-unsaturated/α-hetero) is 1. The van der Waals surface area contributed by atoms with Crippen molar-refractivity contribution in [1.82, 2.24) is 0 Å². The summed E-state index contributed by atoms with van der Waals surface area (Å²) in [5, 5.41) is 21.1. The molecule has 0 saturated carbocycles. The Bertz CT molecular complexity index is 765. The summed E-state index contributed by atoms with van der Waals surface area (Å²) >= 11 is 0. The van der Waals surface area contributed by atoms with Gasteiger partial charge in [0, 0.05) is 12.1 Å². The van der Waals surface area contributed by atoms with Crippen LogP contribution in [0.25, 0.3) is 0 Å². The van der Waals surface area contributed by atoms with Gasteiger partial charge in [-0.1, -0.05) is 0 Å². The van der Waals surface area contributed by atoms with Crippen molar-refractivity contribution in [3.8, 4) is 0 Å². The minimum atomic E-state index is -0.799. The van der Waals surface area contributed by atoms with Crippen molar-refractivity contribution in [2.45, 2.75) is 12.2 Å². The molecule has 9 nitrogen and oxygen atoms in total. The molecule has 3 rings (SSSR count). The van der Waals surface area contributed by atoms with Gasteiger partial charge in [0.2, 0.25) is 5.78 Å². The molecule has 2 atom stereocenters. The zero-order valence-corrected chi connectivity index (χ0v) is 10.9. The molecule has 0 spiro atoms. The first-order valence-corrected chi connectivity index (χ1v) is 6.15. The van der Waals surface area contributed by atoms with E-state index in [9.17, 15) is 25.0 Å². The van der Waals surface area contributed by atoms with Crippen molar-refractivity contribution in [2.24, 2.45) is 0 Å². The molecule has 1 aliphatic rings. The van der Waals surface area contributed by atoms with E-state index in [4.69, 9.17) is 9.15 Å². The van der Waals surface area contributed by atoms with Gasteiger partial charge in [0.1, 0.15) is 11.0 Å². The van der Waals surface area contributed by atoms with Crippen LogP contribution in [0.2, 0.25) is 0 Å². The van der Waals surface area contributed by atoms with Crippen molar-refractivity contribution in [2.75, 3.05) is 0 Å². The number of benzene rings is 1. The van der Waals surface area contributed by atoms with Crippen molar-refractivity contribution < 1.29 is 23.8 Å². The minimum absolute atomic E-state index is 0.0612. The highest BCUT2D eigenvalue weighted by Gasteiger charge is 2.47. The maximum absolute atomic E-state index is 12.1. The molecule has 2 unspecified atom stereocenters. The van der Waals surface area contributed by atoms with Crippen molar-refractivity contribution in [3.05, 3.63) is 68.0 Å². The van der Waals surface area contributed by atoms with E-state index in [1.807, 2.05) is 0 Å². The van der Waals surface area contributed by atoms with Gasteiger partial charge in [0.25, 0.3) is 5.69 Å². The van der Waals surface area contributed by atoms with Crippen molar-refractivity contribution in [1.29, 1.82) is 0 Å². The number of epoxide rings is 1. The first-order valence-electron chi connectivity index (χ1n) is 6.15. The fraction of sp³-hybridized carbons (Fsp3) is 0.154. The summed E-state index contributed by atoms with van der Waals surface area (Å²) in [4.78, 5) is 31.9. The summed E-state index contributed by atoms with van der Waals surface area (Å²) in [6.07, 6.45) is -1.33. The number of nitrogens with zero attached hydrogens (tertiary/aromatic N) is 2. The molecule has 112 valence electrons. The summed E-state index contributed by atoms with van der Waals surface area (Å²) in [6, 6.07) is 7.94. The standard InChI is InChI=1S/C13H8N2O7/c16-11(9-5-6-10(21-9)15(19)20)13-12(22-13)7-1-3-8(4-2-7)14(17)18/h1-6,12-13H. The van der Waals surface area contributed by atoms with Gasteiger partial charge in [0.15, 0.2) is 11.9 Å². The number of hydrogen-bond acceptors (Lipinski definition) is 7. The highest BCUT2D eigenvalue weighted by molar-refractivity contribution is 5.99. The van der Waals surface area contributed by atoms with Crippen molar-refractivity contribution >= 4 is 17.4 Å². The smallest absolute Gasteiger partial charge is 0.397 e. The predicted octanol–water partition coefficient (Wildman–Crippen LogP) is 2.42. The van der Waals surface area contributed by atoms with Crippen LogP contribution in [0.5, 0.6) is 0 Å². The Kier molecular flexibility index (Phi) is 3.18. The second-order valence-electron chi connectivity index (χ2n) is 4.59. The van der Waals surface area contributed by atoms with E-state index in [0.29, 0.717) is 5.56 Å². The molecule has 2 aromatic rings. The molecule has 1 aliphatic heterocycles. The summed E-state index contributed by atoms with van der Waals surface area (Å²) in [5.41, 5.74) is 0.555. The minimum Gasteiger partial charge on any atom is -0.397 e. The number of hydrogen-bond donors (Lipinski definition) is 0. The molecule has 1 aromatic carbocycles. The van der Waals surface area contributed by atoms with Crippen LogP contribution in [0.4, 0.5) is 11.6 Å². The average molecular weight is 304 g/mol. The Balaban J connectivity index is 1.71. The van der Waals surface area contributed by atoms with Crippen LogP contribution in [-0.4, -0.2) is 21.7 Å². The van der Waals surface area contributed by atoms with Crippen LogP contribution in [0.15, 0.2) is 40.8 Å². The lowest BCUT2D eigenvalue weighted by Gasteiger charge is -1.95. The lowest BCUT2D eigenvalue weighted by molar-refractivity contribution is -0.402. The van der Waals surface area contributed by atoms with Crippen LogP contribution in [-0.2, 0) is 4.74 Å². The predicted molar refractivity (Wildman–Crippen MR) is 70.4 cm³/mol. The van der Waals surface area contributed by atoms with Crippen LogP contribution in [0.1, 0.15) is 22.2 Å². The lowest BCUT2D eigenvalue weighted by atomic mass is 10.1. The van der Waals surface area contributed by atoms with E-state index in [2.05, 4.69) is 0 Å². The van der Waals surface area contributed by atoms with E-state index < -0.39 is 33.7 Å². The number of rotatable bonds is 5. The summed E-state index contributed by atoms with van der Waals surface area (Å²) < 4.78 is 10.1. The largest absolute Gasteiger partial charge is 0.433 e. The normalized spacial score (nSPS) is 19.6. The van der Waals surface area contributed by atoms with E-state index in [-0.39, 0.29) is 11.4 Å². The molecule has 0 bridgehead atoms. The number of nitro groups is 2. The fourth-order valence-electron chi connectivity index (χ4n) is 2.05. The first-order chi connectivity index (χ1) is 10.5. The number of ether oxygens (including phenoxy) is 1. The Hall–Kier alpha value is -3.07. The molecule has 1 aromatic heterocycles. The van der Waals surface area contributed by atoms with Gasteiger partial charge in [-0.05, 0) is 23.8 Å². The highest BCUT2D eigenvalue weighted by Crippen LogP contribution is 2.41. The van der Waals surface area contributed by atoms with Gasteiger partial charge in [-0.25, -0.2) is 0 Å². The molecule has 22 heavy (non-hydrogen) atoms. The Labute approximate surface area is 122 Å². The lowest BCUT2D eigenvalue weighted by Crippen LogP contribution is -2.07. The molecule has 1 fully saturated rings. The second-order valence-corrected chi connectivity index (χ2v) is 4.59. The number of nitro benzene ring substituents is 1. The van der Waals surface area contributed by atoms with Gasteiger partial charge in [-0.15, -0.1) is 0 Å². The molecule has 1 saturated heterocycles. The number of ketones is 1. The van der Waals surface area contributed by atoms with Gasteiger partial charge in [0.05, 0.1) is 11.0 Å². The van der Waals surface area contributed by atoms with Crippen LogP contribution < -0.4 is 0 Å². The first kappa shape index (κ1) is 13.9.